The van der Waals surface area contributed by atoms with Gasteiger partial charge in [-0.05, 0) is 46.4 Å². The third-order valence-electron chi connectivity index (χ3n) is 4.24. The molecule has 0 heterocycles. The van der Waals surface area contributed by atoms with Crippen LogP contribution in [0.25, 0.3) is 22.3 Å². The summed E-state index contributed by atoms with van der Waals surface area (Å²) in [5.74, 6) is -3.24. The fourth-order valence-corrected chi connectivity index (χ4v) is 2.80. The van der Waals surface area contributed by atoms with Crippen molar-refractivity contribution in [1.29, 1.82) is 0 Å². The van der Waals surface area contributed by atoms with Gasteiger partial charge in [0.1, 0.15) is 17.2 Å². The van der Waals surface area contributed by atoms with E-state index in [9.17, 15) is 22.0 Å². The first-order valence-corrected chi connectivity index (χ1v) is 8.05. The van der Waals surface area contributed by atoms with Gasteiger partial charge in [-0.3, -0.25) is 0 Å². The van der Waals surface area contributed by atoms with Gasteiger partial charge in [-0.2, -0.15) is 13.2 Å². The van der Waals surface area contributed by atoms with Gasteiger partial charge >= 0.3 is 6.18 Å². The molecule has 3 aromatic carbocycles. The minimum Gasteiger partial charge on any atom is -0.206 e. The molecule has 26 heavy (non-hydrogen) atoms. The number of halogens is 5. The Morgan fingerprint density at radius 3 is 1.42 bits per heavy atom. The van der Waals surface area contributed by atoms with Crippen LogP contribution in [0.1, 0.15) is 18.1 Å². The molecule has 0 bridgehead atoms. The van der Waals surface area contributed by atoms with Crippen molar-refractivity contribution >= 4 is 0 Å². The zero-order chi connectivity index (χ0) is 18.9. The summed E-state index contributed by atoms with van der Waals surface area (Å²) in [4.78, 5) is 0. The van der Waals surface area contributed by atoms with Crippen molar-refractivity contribution in [2.24, 2.45) is 0 Å². The smallest absolute Gasteiger partial charge is 0.206 e. The highest BCUT2D eigenvalue weighted by molar-refractivity contribution is 5.70. The molecule has 3 aromatic rings. The van der Waals surface area contributed by atoms with Gasteiger partial charge in [0.25, 0.3) is 0 Å². The molecule has 0 unspecified atom stereocenters. The Labute approximate surface area is 147 Å². The van der Waals surface area contributed by atoms with Crippen LogP contribution in [0, 0.1) is 11.6 Å². The summed E-state index contributed by atoms with van der Waals surface area (Å²) < 4.78 is 65.5. The second kappa shape index (κ2) is 6.90. The highest BCUT2D eigenvalue weighted by Gasteiger charge is 2.37. The van der Waals surface area contributed by atoms with E-state index in [4.69, 9.17) is 0 Å². The maximum absolute atomic E-state index is 13.7. The molecule has 0 saturated heterocycles. The lowest BCUT2D eigenvalue weighted by atomic mass is 9.98. The van der Waals surface area contributed by atoms with E-state index in [0.717, 1.165) is 17.5 Å². The van der Waals surface area contributed by atoms with Crippen molar-refractivity contribution in [3.8, 4) is 22.3 Å². The minimum absolute atomic E-state index is 0.0564. The standard InChI is InChI=1S/C21H15F5/c1-2-13-3-5-14(6-4-13)15-7-9-16(10-8-15)17-11-18(22)20(19(23)12-17)21(24,25)26/h3-12H,2H2,1H3. The molecule has 3 rings (SSSR count). The molecule has 0 aliphatic carbocycles. The first-order valence-electron chi connectivity index (χ1n) is 8.05. The van der Waals surface area contributed by atoms with Crippen LogP contribution < -0.4 is 0 Å². The van der Waals surface area contributed by atoms with Crippen LogP contribution in [0.3, 0.4) is 0 Å². The van der Waals surface area contributed by atoms with E-state index in [1.54, 1.807) is 24.3 Å². The van der Waals surface area contributed by atoms with Crippen LogP contribution in [0.4, 0.5) is 22.0 Å². The predicted octanol–water partition coefficient (Wildman–Crippen LogP) is 6.88. The first kappa shape index (κ1) is 18.1. The van der Waals surface area contributed by atoms with E-state index >= 15 is 0 Å². The number of hydrogen-bond acceptors (Lipinski definition) is 0. The molecule has 0 aromatic heterocycles. The van der Waals surface area contributed by atoms with Crippen molar-refractivity contribution in [2.45, 2.75) is 19.5 Å². The normalized spacial score (nSPS) is 11.6. The van der Waals surface area contributed by atoms with E-state index in [-0.39, 0.29) is 5.56 Å². The summed E-state index contributed by atoms with van der Waals surface area (Å²) in [6.45, 7) is 2.06. The molecule has 0 saturated carbocycles. The van der Waals surface area contributed by atoms with Gasteiger partial charge < -0.3 is 0 Å². The van der Waals surface area contributed by atoms with Crippen molar-refractivity contribution in [1.82, 2.24) is 0 Å². The van der Waals surface area contributed by atoms with Gasteiger partial charge in [-0.1, -0.05) is 55.5 Å². The number of hydrogen-bond donors (Lipinski definition) is 0. The summed E-state index contributed by atoms with van der Waals surface area (Å²) >= 11 is 0. The van der Waals surface area contributed by atoms with E-state index in [1.807, 2.05) is 24.3 Å². The lowest BCUT2D eigenvalue weighted by Crippen LogP contribution is -2.11. The molecule has 0 amide bonds. The fourth-order valence-electron chi connectivity index (χ4n) is 2.80. The molecule has 0 aliphatic heterocycles. The highest BCUT2D eigenvalue weighted by atomic mass is 19.4. The minimum atomic E-state index is -5.07. The topological polar surface area (TPSA) is 0 Å². The maximum Gasteiger partial charge on any atom is 0.422 e. The van der Waals surface area contributed by atoms with E-state index in [0.29, 0.717) is 17.7 Å². The van der Waals surface area contributed by atoms with Crippen LogP contribution in [-0.2, 0) is 12.6 Å². The molecule has 0 atom stereocenters. The summed E-state index contributed by atoms with van der Waals surface area (Å²) in [7, 11) is 0. The van der Waals surface area contributed by atoms with Crippen LogP contribution in [0.2, 0.25) is 0 Å². The maximum atomic E-state index is 13.7. The lowest BCUT2D eigenvalue weighted by Gasteiger charge is -2.11. The third kappa shape index (κ3) is 3.62. The number of rotatable bonds is 3. The SMILES string of the molecule is CCc1ccc(-c2ccc(-c3cc(F)c(C(F)(F)F)c(F)c3)cc2)cc1. The molecule has 0 spiro atoms. The van der Waals surface area contributed by atoms with Gasteiger partial charge in [0.05, 0.1) is 0 Å². The van der Waals surface area contributed by atoms with E-state index in [2.05, 4.69) is 6.92 Å². The van der Waals surface area contributed by atoms with Crippen LogP contribution in [-0.4, -0.2) is 0 Å². The second-order valence-electron chi connectivity index (χ2n) is 5.94. The largest absolute Gasteiger partial charge is 0.422 e. The Morgan fingerprint density at radius 2 is 1.04 bits per heavy atom. The van der Waals surface area contributed by atoms with Gasteiger partial charge in [-0.25, -0.2) is 8.78 Å². The molecular weight excluding hydrogens is 347 g/mol. The van der Waals surface area contributed by atoms with Gasteiger partial charge in [0.15, 0.2) is 0 Å². The summed E-state index contributed by atoms with van der Waals surface area (Å²) in [5, 5.41) is 0. The Bertz CT molecular complexity index is 884. The molecule has 0 aliphatic rings. The Balaban J connectivity index is 1.93. The average Bonchev–Trinajstić information content (AvgIpc) is 2.60. The molecule has 0 fully saturated rings. The van der Waals surface area contributed by atoms with Gasteiger partial charge in [0, 0.05) is 0 Å². The number of benzene rings is 3. The third-order valence-corrected chi connectivity index (χ3v) is 4.24. The van der Waals surface area contributed by atoms with E-state index in [1.165, 1.54) is 5.56 Å². The molecular formula is C21H15F5. The second-order valence-corrected chi connectivity index (χ2v) is 5.94. The summed E-state index contributed by atoms with van der Waals surface area (Å²) in [6.07, 6.45) is -4.13. The Kier molecular flexibility index (Phi) is 4.81. The van der Waals surface area contributed by atoms with Crippen molar-refractivity contribution in [3.63, 3.8) is 0 Å². The molecule has 0 radical (unpaired) electrons. The molecule has 134 valence electrons. The van der Waals surface area contributed by atoms with Crippen molar-refractivity contribution < 1.29 is 22.0 Å². The van der Waals surface area contributed by atoms with Crippen molar-refractivity contribution in [2.75, 3.05) is 0 Å². The van der Waals surface area contributed by atoms with Gasteiger partial charge in [-0.15, -0.1) is 0 Å². The monoisotopic (exact) mass is 362 g/mol. The quantitative estimate of drug-likeness (QED) is 0.446. The first-order chi connectivity index (χ1) is 12.3. The van der Waals surface area contributed by atoms with Gasteiger partial charge in [0.2, 0.25) is 0 Å². The zero-order valence-corrected chi connectivity index (χ0v) is 13.9. The lowest BCUT2D eigenvalue weighted by molar-refractivity contribution is -0.142. The van der Waals surface area contributed by atoms with Crippen LogP contribution >= 0.6 is 0 Å². The van der Waals surface area contributed by atoms with E-state index < -0.39 is 23.4 Å². The predicted molar refractivity (Wildman–Crippen MR) is 91.6 cm³/mol. The Hall–Kier alpha value is -2.69. The summed E-state index contributed by atoms with van der Waals surface area (Å²) in [5.41, 5.74) is 1.73. The van der Waals surface area contributed by atoms with Crippen LogP contribution in [0.5, 0.6) is 0 Å². The molecule has 5 heteroatoms. The highest BCUT2D eigenvalue weighted by Crippen LogP contribution is 2.36. The van der Waals surface area contributed by atoms with Crippen molar-refractivity contribution in [3.05, 3.63) is 83.4 Å². The molecule has 0 N–H and O–H groups in total. The summed E-state index contributed by atoms with van der Waals surface area (Å²) in [6, 6.07) is 16.2. The average molecular weight is 362 g/mol. The zero-order valence-electron chi connectivity index (χ0n) is 13.9. The number of aryl methyl sites for hydroxylation is 1. The Morgan fingerprint density at radius 1 is 0.654 bits per heavy atom. The molecule has 0 nitrogen and oxygen atoms in total. The number of alkyl halides is 3. The fraction of sp³-hybridized carbons (Fsp3) is 0.143. The van der Waals surface area contributed by atoms with Crippen LogP contribution in [0.15, 0.2) is 60.7 Å².